The second-order valence-corrected chi connectivity index (χ2v) is 4.65. The molecule has 0 spiro atoms. The van der Waals surface area contributed by atoms with E-state index in [1.807, 2.05) is 6.92 Å². The average molecular weight is 202 g/mol. The number of hydrogen-bond acceptors (Lipinski definition) is 3. The van der Waals surface area contributed by atoms with Gasteiger partial charge in [0.1, 0.15) is 0 Å². The van der Waals surface area contributed by atoms with E-state index in [0.29, 0.717) is 0 Å². The first-order valence-electron chi connectivity index (χ1n) is 4.67. The third-order valence-electron chi connectivity index (χ3n) is 1.71. The van der Waals surface area contributed by atoms with E-state index in [-0.39, 0.29) is 5.54 Å². The van der Waals surface area contributed by atoms with Crippen LogP contribution in [0.25, 0.3) is 0 Å². The minimum Gasteiger partial charge on any atom is -0.380 e. The zero-order chi connectivity index (χ0) is 9.73. The Morgan fingerprint density at radius 3 is 2.92 bits per heavy atom. The second kappa shape index (κ2) is 4.86. The summed E-state index contributed by atoms with van der Waals surface area (Å²) in [5.74, 6) is 1.10. The lowest BCUT2D eigenvalue weighted by Gasteiger charge is -2.15. The third kappa shape index (κ3) is 4.00. The number of ether oxygens (including phenoxy) is 1. The van der Waals surface area contributed by atoms with E-state index in [0.717, 1.165) is 30.7 Å². The van der Waals surface area contributed by atoms with Crippen molar-refractivity contribution in [2.45, 2.75) is 26.3 Å². The lowest BCUT2D eigenvalue weighted by molar-refractivity contribution is 0.156. The molecule has 0 bridgehead atoms. The fourth-order valence-corrected chi connectivity index (χ4v) is 2.15. The molecule has 0 aliphatic carbocycles. The van der Waals surface area contributed by atoms with E-state index >= 15 is 0 Å². The van der Waals surface area contributed by atoms with Crippen LogP contribution in [0.3, 0.4) is 0 Å². The minimum absolute atomic E-state index is 0.203. The van der Waals surface area contributed by atoms with Crippen LogP contribution in [0.4, 0.5) is 0 Å². The topological polar surface area (TPSA) is 33.6 Å². The highest BCUT2D eigenvalue weighted by Gasteiger charge is 2.26. The normalized spacial score (nSPS) is 23.5. The molecule has 1 fully saturated rings. The van der Waals surface area contributed by atoms with Gasteiger partial charge in [-0.15, -0.1) is 0 Å². The molecule has 0 atom stereocenters. The van der Waals surface area contributed by atoms with Crippen molar-refractivity contribution in [1.82, 2.24) is 5.32 Å². The molecule has 0 unspecified atom stereocenters. The van der Waals surface area contributed by atoms with Crippen molar-refractivity contribution in [3.63, 3.8) is 0 Å². The maximum absolute atomic E-state index is 5.20. The van der Waals surface area contributed by atoms with Gasteiger partial charge < -0.3 is 10.1 Å². The van der Waals surface area contributed by atoms with Crippen molar-refractivity contribution in [1.29, 1.82) is 0 Å². The first-order valence-corrected chi connectivity index (χ1v) is 5.66. The van der Waals surface area contributed by atoms with Gasteiger partial charge in [-0.25, -0.2) is 0 Å². The molecule has 1 N–H and O–H groups in total. The zero-order valence-corrected chi connectivity index (χ0v) is 9.41. The van der Waals surface area contributed by atoms with Crippen molar-refractivity contribution in [3.05, 3.63) is 0 Å². The highest BCUT2D eigenvalue weighted by molar-refractivity contribution is 8.14. The van der Waals surface area contributed by atoms with E-state index in [1.54, 1.807) is 11.8 Å². The van der Waals surface area contributed by atoms with Gasteiger partial charge in [-0.2, -0.15) is 0 Å². The van der Waals surface area contributed by atoms with Crippen LogP contribution in [-0.2, 0) is 4.74 Å². The van der Waals surface area contributed by atoms with Gasteiger partial charge in [0.25, 0.3) is 0 Å². The molecule has 3 nitrogen and oxygen atoms in total. The molecule has 0 amide bonds. The molecule has 0 aromatic carbocycles. The summed E-state index contributed by atoms with van der Waals surface area (Å²) in [6.07, 6.45) is 0. The number of aliphatic imine (C=N–C) groups is 1. The van der Waals surface area contributed by atoms with Gasteiger partial charge in [-0.05, 0) is 20.8 Å². The molecule has 1 aliphatic heterocycles. The third-order valence-corrected chi connectivity index (χ3v) is 3.08. The van der Waals surface area contributed by atoms with Gasteiger partial charge >= 0.3 is 0 Å². The van der Waals surface area contributed by atoms with Gasteiger partial charge in [0.05, 0.1) is 13.2 Å². The zero-order valence-electron chi connectivity index (χ0n) is 8.59. The van der Waals surface area contributed by atoms with E-state index in [1.165, 1.54) is 0 Å². The number of nitrogens with one attached hydrogen (secondary N) is 1. The summed E-state index contributed by atoms with van der Waals surface area (Å²) in [7, 11) is 0. The molecule has 1 aliphatic rings. The Balaban J connectivity index is 2.22. The summed E-state index contributed by atoms with van der Waals surface area (Å²) in [4.78, 5) is 4.40. The largest absolute Gasteiger partial charge is 0.380 e. The Labute approximate surface area is 84.3 Å². The molecule has 13 heavy (non-hydrogen) atoms. The molecule has 1 saturated heterocycles. The standard InChI is InChI=1S/C9H18N2OS/c1-4-12-6-5-10-8-11-9(2,3)7-13-8/h4-7H2,1-3H3,(H,10,11). The number of rotatable bonds is 4. The number of thioether (sulfide) groups is 1. The average Bonchev–Trinajstić information content (AvgIpc) is 2.40. The van der Waals surface area contributed by atoms with E-state index < -0.39 is 0 Å². The fourth-order valence-electron chi connectivity index (χ4n) is 1.05. The quantitative estimate of drug-likeness (QED) is 0.701. The smallest absolute Gasteiger partial charge is 0.157 e. The Kier molecular flexibility index (Phi) is 4.06. The summed E-state index contributed by atoms with van der Waals surface area (Å²) >= 11 is 1.79. The van der Waals surface area contributed by atoms with Gasteiger partial charge in [0, 0.05) is 17.9 Å². The summed E-state index contributed by atoms with van der Waals surface area (Å²) in [6.45, 7) is 8.63. The van der Waals surface area contributed by atoms with E-state index in [4.69, 9.17) is 4.74 Å². The Morgan fingerprint density at radius 2 is 2.38 bits per heavy atom. The first-order chi connectivity index (χ1) is 6.14. The molecule has 0 saturated carbocycles. The molecule has 1 rings (SSSR count). The van der Waals surface area contributed by atoms with Crippen LogP contribution in [0.2, 0.25) is 0 Å². The number of amidine groups is 1. The molecular formula is C9H18N2OS. The first kappa shape index (κ1) is 10.9. The summed E-state index contributed by atoms with van der Waals surface area (Å²) in [5, 5.41) is 4.42. The van der Waals surface area contributed by atoms with Crippen LogP contribution < -0.4 is 5.32 Å². The number of hydrogen-bond donors (Lipinski definition) is 1. The van der Waals surface area contributed by atoms with Gasteiger partial charge in [-0.3, -0.25) is 4.99 Å². The molecule has 0 radical (unpaired) electrons. The van der Waals surface area contributed by atoms with Crippen molar-refractivity contribution >= 4 is 16.9 Å². The van der Waals surface area contributed by atoms with Crippen LogP contribution >= 0.6 is 11.8 Å². The van der Waals surface area contributed by atoms with Gasteiger partial charge in [0.15, 0.2) is 5.17 Å². The SMILES string of the molecule is CCOCCN=C1NC(C)(C)CS1. The molecule has 0 aromatic heterocycles. The predicted octanol–water partition coefficient (Wildman–Crippen LogP) is 1.49. The fraction of sp³-hybridized carbons (Fsp3) is 0.889. The van der Waals surface area contributed by atoms with Crippen LogP contribution in [0.1, 0.15) is 20.8 Å². The molecule has 1 heterocycles. The summed E-state index contributed by atoms with van der Waals surface area (Å²) in [6, 6.07) is 0. The summed E-state index contributed by atoms with van der Waals surface area (Å²) in [5.41, 5.74) is 0.203. The van der Waals surface area contributed by atoms with Gasteiger partial charge in [0.2, 0.25) is 0 Å². The monoisotopic (exact) mass is 202 g/mol. The Bertz CT molecular complexity index is 192. The molecule has 0 aromatic rings. The predicted molar refractivity (Wildman–Crippen MR) is 58.5 cm³/mol. The van der Waals surface area contributed by atoms with Crippen LogP contribution in [0, 0.1) is 0 Å². The van der Waals surface area contributed by atoms with Crippen molar-refractivity contribution in [2.24, 2.45) is 4.99 Å². The number of nitrogens with zero attached hydrogens (tertiary/aromatic N) is 1. The highest BCUT2D eigenvalue weighted by atomic mass is 32.2. The Morgan fingerprint density at radius 1 is 1.62 bits per heavy atom. The highest BCUT2D eigenvalue weighted by Crippen LogP contribution is 2.21. The van der Waals surface area contributed by atoms with Crippen LogP contribution in [0.15, 0.2) is 4.99 Å². The van der Waals surface area contributed by atoms with Crippen LogP contribution in [0.5, 0.6) is 0 Å². The Hall–Kier alpha value is -0.220. The van der Waals surface area contributed by atoms with Gasteiger partial charge in [-0.1, -0.05) is 11.8 Å². The lowest BCUT2D eigenvalue weighted by Crippen LogP contribution is -2.37. The molecule has 76 valence electrons. The minimum atomic E-state index is 0.203. The molecule has 4 heteroatoms. The maximum Gasteiger partial charge on any atom is 0.157 e. The van der Waals surface area contributed by atoms with Crippen molar-refractivity contribution in [2.75, 3.05) is 25.5 Å². The van der Waals surface area contributed by atoms with E-state index in [9.17, 15) is 0 Å². The maximum atomic E-state index is 5.20. The second-order valence-electron chi connectivity index (χ2n) is 3.68. The van der Waals surface area contributed by atoms with Crippen molar-refractivity contribution < 1.29 is 4.74 Å². The summed E-state index contributed by atoms with van der Waals surface area (Å²) < 4.78 is 5.20. The van der Waals surface area contributed by atoms with Crippen LogP contribution in [-0.4, -0.2) is 36.2 Å². The lowest BCUT2D eigenvalue weighted by atomic mass is 10.1. The van der Waals surface area contributed by atoms with Crippen molar-refractivity contribution in [3.8, 4) is 0 Å². The van der Waals surface area contributed by atoms with E-state index in [2.05, 4.69) is 24.2 Å². The molecular weight excluding hydrogens is 184 g/mol.